The summed E-state index contributed by atoms with van der Waals surface area (Å²) >= 11 is 5.93. The molecule has 10 heteroatoms. The lowest BCUT2D eigenvalue weighted by molar-refractivity contribution is 0.0916. The Balaban J connectivity index is 2.07. The Hall–Kier alpha value is -1.16. The molecule has 1 aromatic rings. The van der Waals surface area contributed by atoms with Crippen LogP contribution in [0.25, 0.3) is 0 Å². The number of ether oxygens (including phenoxy) is 1. The summed E-state index contributed by atoms with van der Waals surface area (Å²) < 4.78 is 31.8. The van der Waals surface area contributed by atoms with Gasteiger partial charge >= 0.3 is 0 Å². The van der Waals surface area contributed by atoms with E-state index in [9.17, 15) is 13.2 Å². The maximum Gasteiger partial charge on any atom is 0.271 e. The van der Waals surface area contributed by atoms with Crippen molar-refractivity contribution >= 4 is 27.5 Å². The van der Waals surface area contributed by atoms with Crippen LogP contribution in [0.5, 0.6) is 0 Å². The molecule has 1 aliphatic heterocycles. The van der Waals surface area contributed by atoms with Gasteiger partial charge in [0.2, 0.25) is 10.0 Å². The van der Waals surface area contributed by atoms with Gasteiger partial charge in [-0.25, -0.2) is 12.7 Å². The second kappa shape index (κ2) is 6.53. The third kappa shape index (κ3) is 3.60. The molecule has 1 aromatic heterocycles. The second-order valence-electron chi connectivity index (χ2n) is 5.40. The highest BCUT2D eigenvalue weighted by atomic mass is 35.5. The minimum absolute atomic E-state index is 0.0793. The minimum Gasteiger partial charge on any atom is -0.379 e. The molecule has 2 rings (SSSR count). The summed E-state index contributed by atoms with van der Waals surface area (Å²) in [5.74, 6) is -0.777. The minimum atomic E-state index is -3.36. The standard InChI is InChI=1S/C12H19ClN4O4S/c1-16(2)22(19,20)7-8-5-21-6-10(8)15-12(18)11-9(13)4-14-17(11)3/h4,8,10H,5-7H2,1-3H3,(H,15,18)/t8-,10+/m0/s1. The zero-order valence-corrected chi connectivity index (χ0v) is 14.2. The van der Waals surface area contributed by atoms with Gasteiger partial charge in [-0.15, -0.1) is 0 Å². The van der Waals surface area contributed by atoms with Gasteiger partial charge < -0.3 is 10.1 Å². The molecule has 1 amide bonds. The number of sulfonamides is 1. The normalized spacial score (nSPS) is 22.2. The second-order valence-corrected chi connectivity index (χ2v) is 8.04. The highest BCUT2D eigenvalue weighted by molar-refractivity contribution is 7.89. The summed E-state index contributed by atoms with van der Waals surface area (Å²) in [6.45, 7) is 0.561. The van der Waals surface area contributed by atoms with Crippen molar-refractivity contribution in [1.29, 1.82) is 0 Å². The summed E-state index contributed by atoms with van der Waals surface area (Å²) in [6.07, 6.45) is 1.38. The van der Waals surface area contributed by atoms with E-state index < -0.39 is 15.9 Å². The topological polar surface area (TPSA) is 93.5 Å². The van der Waals surface area contributed by atoms with Crippen molar-refractivity contribution in [3.63, 3.8) is 0 Å². The van der Waals surface area contributed by atoms with Crippen LogP contribution in [-0.4, -0.2) is 67.5 Å². The number of nitrogens with one attached hydrogen (secondary N) is 1. The Morgan fingerprint density at radius 1 is 1.55 bits per heavy atom. The van der Waals surface area contributed by atoms with Crippen molar-refractivity contribution in [2.45, 2.75) is 6.04 Å². The van der Waals surface area contributed by atoms with Gasteiger partial charge in [0.15, 0.2) is 0 Å². The van der Waals surface area contributed by atoms with Crippen LogP contribution in [0.15, 0.2) is 6.20 Å². The Morgan fingerprint density at radius 3 is 2.77 bits per heavy atom. The number of hydrogen-bond donors (Lipinski definition) is 1. The molecule has 0 aliphatic carbocycles. The summed E-state index contributed by atoms with van der Waals surface area (Å²) in [6, 6.07) is -0.381. The number of nitrogens with zero attached hydrogens (tertiary/aromatic N) is 3. The third-order valence-electron chi connectivity index (χ3n) is 3.61. The Bertz CT molecular complexity index is 639. The van der Waals surface area contributed by atoms with Gasteiger partial charge in [-0.05, 0) is 0 Å². The lowest BCUT2D eigenvalue weighted by atomic mass is 10.1. The number of carbonyl (C=O) groups is 1. The number of amides is 1. The molecule has 0 aromatic carbocycles. The summed E-state index contributed by atoms with van der Waals surface area (Å²) in [5, 5.41) is 6.93. The first-order valence-electron chi connectivity index (χ1n) is 6.68. The van der Waals surface area contributed by atoms with Crippen molar-refractivity contribution in [1.82, 2.24) is 19.4 Å². The van der Waals surface area contributed by atoms with E-state index in [1.807, 2.05) is 0 Å². The predicted molar refractivity (Wildman–Crippen MR) is 81.3 cm³/mol. The molecule has 2 atom stereocenters. The van der Waals surface area contributed by atoms with E-state index in [2.05, 4.69) is 10.4 Å². The lowest BCUT2D eigenvalue weighted by Gasteiger charge is -2.21. The fraction of sp³-hybridized carbons (Fsp3) is 0.667. The molecule has 2 heterocycles. The average Bonchev–Trinajstić information content (AvgIpc) is 2.96. The van der Waals surface area contributed by atoms with Crippen LogP contribution in [0.2, 0.25) is 5.02 Å². The van der Waals surface area contributed by atoms with E-state index in [1.165, 1.54) is 29.3 Å². The SMILES string of the molecule is CN(C)S(=O)(=O)C[C@@H]1COC[C@H]1NC(=O)c1c(Cl)cnn1C. The lowest BCUT2D eigenvalue weighted by Crippen LogP contribution is -2.44. The Kier molecular flexibility index (Phi) is 5.10. The van der Waals surface area contributed by atoms with E-state index >= 15 is 0 Å². The zero-order valence-electron chi connectivity index (χ0n) is 12.6. The number of rotatable bonds is 5. The number of hydrogen-bond acceptors (Lipinski definition) is 5. The molecule has 0 unspecified atom stereocenters. The number of aromatic nitrogens is 2. The molecule has 1 aliphatic rings. The van der Waals surface area contributed by atoms with Gasteiger partial charge in [-0.1, -0.05) is 11.6 Å². The van der Waals surface area contributed by atoms with E-state index in [0.717, 1.165) is 0 Å². The average molecular weight is 351 g/mol. The van der Waals surface area contributed by atoms with Gasteiger partial charge in [0.1, 0.15) is 5.69 Å². The van der Waals surface area contributed by atoms with Crippen LogP contribution in [-0.2, 0) is 21.8 Å². The highest BCUT2D eigenvalue weighted by Crippen LogP contribution is 2.19. The van der Waals surface area contributed by atoms with E-state index in [1.54, 1.807) is 7.05 Å². The fourth-order valence-corrected chi connectivity index (χ4v) is 3.66. The molecule has 1 saturated heterocycles. The van der Waals surface area contributed by atoms with Crippen LogP contribution < -0.4 is 5.32 Å². The van der Waals surface area contributed by atoms with Crippen LogP contribution in [0.1, 0.15) is 10.5 Å². The Labute approximate surface area is 134 Å². The fourth-order valence-electron chi connectivity index (χ4n) is 2.24. The summed E-state index contributed by atoms with van der Waals surface area (Å²) in [7, 11) is 1.21. The molecule has 0 saturated carbocycles. The maximum atomic E-state index is 12.3. The van der Waals surface area contributed by atoms with Crippen molar-refractivity contribution in [2.75, 3.05) is 33.1 Å². The number of halogens is 1. The molecule has 22 heavy (non-hydrogen) atoms. The maximum absolute atomic E-state index is 12.3. The Morgan fingerprint density at radius 2 is 2.23 bits per heavy atom. The van der Waals surface area contributed by atoms with Crippen molar-refractivity contribution < 1.29 is 17.9 Å². The molecule has 0 spiro atoms. The summed E-state index contributed by atoms with van der Waals surface area (Å²) in [5.41, 5.74) is 0.239. The first-order valence-corrected chi connectivity index (χ1v) is 8.67. The molecular formula is C12H19ClN4O4S. The predicted octanol–water partition coefficient (Wildman–Crippen LogP) is -0.290. The molecule has 1 N–H and O–H groups in total. The molecule has 0 radical (unpaired) electrons. The number of aryl methyl sites for hydroxylation is 1. The molecular weight excluding hydrogens is 332 g/mol. The zero-order chi connectivity index (χ0) is 16.5. The molecule has 0 bridgehead atoms. The van der Waals surface area contributed by atoms with Crippen LogP contribution >= 0.6 is 11.6 Å². The van der Waals surface area contributed by atoms with Gasteiger partial charge in [0, 0.05) is 27.1 Å². The smallest absolute Gasteiger partial charge is 0.271 e. The molecule has 124 valence electrons. The largest absolute Gasteiger partial charge is 0.379 e. The van der Waals surface area contributed by atoms with E-state index in [0.29, 0.717) is 0 Å². The monoisotopic (exact) mass is 350 g/mol. The first-order chi connectivity index (χ1) is 10.2. The molecule has 1 fully saturated rings. The van der Waals surface area contributed by atoms with Gasteiger partial charge in [0.25, 0.3) is 5.91 Å². The van der Waals surface area contributed by atoms with Crippen molar-refractivity contribution in [3.8, 4) is 0 Å². The van der Waals surface area contributed by atoms with Gasteiger partial charge in [-0.3, -0.25) is 9.48 Å². The van der Waals surface area contributed by atoms with Crippen LogP contribution in [0.4, 0.5) is 0 Å². The third-order valence-corrected chi connectivity index (χ3v) is 5.84. The van der Waals surface area contributed by atoms with Gasteiger partial charge in [0.05, 0.1) is 36.2 Å². The summed E-state index contributed by atoms with van der Waals surface area (Å²) in [4.78, 5) is 12.3. The van der Waals surface area contributed by atoms with Crippen LogP contribution in [0, 0.1) is 5.92 Å². The van der Waals surface area contributed by atoms with Gasteiger partial charge in [-0.2, -0.15) is 5.10 Å². The van der Waals surface area contributed by atoms with Crippen molar-refractivity contribution in [2.24, 2.45) is 13.0 Å². The van der Waals surface area contributed by atoms with Crippen molar-refractivity contribution in [3.05, 3.63) is 16.9 Å². The molecule has 8 nitrogen and oxygen atoms in total. The van der Waals surface area contributed by atoms with E-state index in [4.69, 9.17) is 16.3 Å². The highest BCUT2D eigenvalue weighted by Gasteiger charge is 2.35. The number of carbonyl (C=O) groups excluding carboxylic acids is 1. The first kappa shape index (κ1) is 17.2. The quantitative estimate of drug-likeness (QED) is 0.787. The van der Waals surface area contributed by atoms with Crippen LogP contribution in [0.3, 0.4) is 0 Å². The van der Waals surface area contributed by atoms with E-state index in [-0.39, 0.29) is 41.6 Å².